The van der Waals surface area contributed by atoms with Gasteiger partial charge in [0.2, 0.25) is 0 Å². The third-order valence-corrected chi connectivity index (χ3v) is 5.78. The van der Waals surface area contributed by atoms with E-state index in [-0.39, 0.29) is 29.5 Å². The van der Waals surface area contributed by atoms with Crippen LogP contribution < -0.4 is 15.2 Å². The second kappa shape index (κ2) is 9.99. The van der Waals surface area contributed by atoms with Crippen molar-refractivity contribution < 1.29 is 23.0 Å². The van der Waals surface area contributed by atoms with Crippen LogP contribution in [0.15, 0.2) is 35.7 Å². The minimum Gasteiger partial charge on any atom is -0.494 e. The highest BCUT2D eigenvalue weighted by Crippen LogP contribution is 2.34. The van der Waals surface area contributed by atoms with Crippen molar-refractivity contribution >= 4 is 22.8 Å². The summed E-state index contributed by atoms with van der Waals surface area (Å²) in [7, 11) is 2.65. The molecule has 0 radical (unpaired) electrons. The summed E-state index contributed by atoms with van der Waals surface area (Å²) in [4.78, 5) is 12.1. The van der Waals surface area contributed by atoms with E-state index in [1.54, 1.807) is 18.6 Å². The van der Waals surface area contributed by atoms with Gasteiger partial charge in [-0.3, -0.25) is 4.99 Å². The smallest absolute Gasteiger partial charge is 0.171 e. The largest absolute Gasteiger partial charge is 0.494 e. The van der Waals surface area contributed by atoms with E-state index >= 15 is 0 Å². The van der Waals surface area contributed by atoms with Gasteiger partial charge in [0.05, 0.1) is 20.3 Å². The van der Waals surface area contributed by atoms with Crippen LogP contribution in [0.5, 0.6) is 11.5 Å². The molecule has 7 nitrogen and oxygen atoms in total. The Morgan fingerprint density at radius 3 is 2.55 bits per heavy atom. The first-order valence-electron chi connectivity index (χ1n) is 10.6. The zero-order valence-corrected chi connectivity index (χ0v) is 18.5. The summed E-state index contributed by atoms with van der Waals surface area (Å²) in [5, 5.41) is 0.729. The molecule has 0 spiro atoms. The van der Waals surface area contributed by atoms with Crippen LogP contribution in [0, 0.1) is 11.6 Å². The fourth-order valence-corrected chi connectivity index (χ4v) is 3.88. The van der Waals surface area contributed by atoms with Crippen LogP contribution in [-0.2, 0) is 11.2 Å². The number of allylic oxidation sites excluding steroid dienone is 1. The van der Waals surface area contributed by atoms with E-state index in [1.807, 2.05) is 6.07 Å². The summed E-state index contributed by atoms with van der Waals surface area (Å²) < 4.78 is 45.2. The maximum atomic E-state index is 14.9. The van der Waals surface area contributed by atoms with Gasteiger partial charge in [0.1, 0.15) is 5.65 Å². The van der Waals surface area contributed by atoms with Crippen LogP contribution in [0.25, 0.3) is 16.6 Å². The molecule has 174 valence electrons. The normalized spacial score (nSPS) is 15.5. The van der Waals surface area contributed by atoms with Gasteiger partial charge in [-0.05, 0) is 24.5 Å². The average molecular weight is 456 g/mol. The van der Waals surface area contributed by atoms with Crippen molar-refractivity contribution in [3.05, 3.63) is 59.1 Å². The second-order valence-corrected chi connectivity index (χ2v) is 7.74. The van der Waals surface area contributed by atoms with Crippen LogP contribution >= 0.6 is 0 Å². The number of H-pyrrole nitrogens is 1. The number of methoxy groups -OCH3 is 2. The quantitative estimate of drug-likeness (QED) is 0.524. The first-order valence-corrected chi connectivity index (χ1v) is 10.6. The maximum Gasteiger partial charge on any atom is 0.171 e. The first kappa shape index (κ1) is 22.7. The summed E-state index contributed by atoms with van der Waals surface area (Å²) in [6.07, 6.45) is 8.32. The molecular weight excluding hydrogens is 430 g/mol. The molecule has 0 saturated carbocycles. The predicted octanol–water partition coefficient (Wildman–Crippen LogP) is 4.00. The molecule has 33 heavy (non-hydrogen) atoms. The molecule has 3 heterocycles. The third kappa shape index (κ3) is 4.68. The highest BCUT2D eigenvalue weighted by molar-refractivity contribution is 6.10. The molecule has 1 aromatic carbocycles. The molecule has 0 aliphatic carbocycles. The Labute approximate surface area is 190 Å². The zero-order chi connectivity index (χ0) is 23.4. The number of nitrogens with zero attached hydrogens (tertiary/aromatic N) is 2. The molecule has 1 aliphatic rings. The van der Waals surface area contributed by atoms with Gasteiger partial charge in [-0.1, -0.05) is 0 Å². The van der Waals surface area contributed by atoms with Crippen molar-refractivity contribution in [2.75, 3.05) is 27.4 Å². The Balaban J connectivity index is 1.67. The Morgan fingerprint density at radius 2 is 1.91 bits per heavy atom. The van der Waals surface area contributed by atoms with Gasteiger partial charge >= 0.3 is 0 Å². The highest BCUT2D eigenvalue weighted by atomic mass is 19.1. The van der Waals surface area contributed by atoms with Gasteiger partial charge in [0, 0.05) is 72.6 Å². The van der Waals surface area contributed by atoms with E-state index in [0.29, 0.717) is 30.0 Å². The lowest BCUT2D eigenvalue weighted by Crippen LogP contribution is -2.18. The van der Waals surface area contributed by atoms with E-state index in [9.17, 15) is 8.78 Å². The van der Waals surface area contributed by atoms with Gasteiger partial charge in [0.15, 0.2) is 23.1 Å². The fourth-order valence-electron chi connectivity index (χ4n) is 3.88. The molecule has 3 N–H and O–H groups in total. The number of hydrogen-bond donors (Lipinski definition) is 2. The number of aromatic nitrogens is 2. The van der Waals surface area contributed by atoms with E-state index in [0.717, 1.165) is 23.8 Å². The maximum absolute atomic E-state index is 14.9. The first-order chi connectivity index (χ1) is 16.0. The topological polar surface area (TPSA) is 94.8 Å². The Hall–Kier alpha value is -3.46. The number of aliphatic imine (C=N–C) groups is 1. The van der Waals surface area contributed by atoms with E-state index in [2.05, 4.69) is 15.0 Å². The number of ether oxygens (including phenoxy) is 3. The molecule has 4 rings (SSSR count). The fraction of sp³-hybridized carbons (Fsp3) is 0.333. The Kier molecular flexibility index (Phi) is 6.88. The van der Waals surface area contributed by atoms with E-state index in [4.69, 9.17) is 19.9 Å². The number of pyridine rings is 1. The number of fused-ring (bicyclic) bond motifs is 1. The molecule has 0 bridgehead atoms. The van der Waals surface area contributed by atoms with Crippen LogP contribution in [-0.4, -0.2) is 49.7 Å². The van der Waals surface area contributed by atoms with E-state index in [1.165, 1.54) is 26.5 Å². The van der Waals surface area contributed by atoms with Crippen molar-refractivity contribution in [2.24, 2.45) is 10.7 Å². The van der Waals surface area contributed by atoms with Crippen LogP contribution in [0.3, 0.4) is 0 Å². The molecular formula is C24H26F2N4O3. The standard InChI is InChI=1S/C24H26F2N4O3/c1-31-20-9-21(32-2)23(26)19(22(20)25)8-15-12-30-24-18(15)7-14(11-29-24)16(10-27)13-28-17-3-5-33-6-4-17/h7,9-13,17H,3-6,8,27H2,1-2H3,(H,29,30). The minimum atomic E-state index is -0.764. The Bertz CT molecular complexity index is 1170. The van der Waals surface area contributed by atoms with Gasteiger partial charge in [0.25, 0.3) is 0 Å². The third-order valence-electron chi connectivity index (χ3n) is 5.78. The number of nitrogens with two attached hydrogens (primary N) is 1. The summed E-state index contributed by atoms with van der Waals surface area (Å²) in [6.45, 7) is 1.40. The zero-order valence-electron chi connectivity index (χ0n) is 18.5. The molecule has 2 aromatic heterocycles. The lowest BCUT2D eigenvalue weighted by Gasteiger charge is -2.18. The molecule has 3 aromatic rings. The van der Waals surface area contributed by atoms with Crippen molar-refractivity contribution in [3.8, 4) is 11.5 Å². The number of benzene rings is 1. The summed E-state index contributed by atoms with van der Waals surface area (Å²) in [6, 6.07) is 3.28. The molecule has 9 heteroatoms. The van der Waals surface area contributed by atoms with Gasteiger partial charge in [-0.25, -0.2) is 13.8 Å². The predicted molar refractivity (Wildman–Crippen MR) is 123 cm³/mol. The van der Waals surface area contributed by atoms with Crippen LogP contribution in [0.2, 0.25) is 0 Å². The van der Waals surface area contributed by atoms with Crippen molar-refractivity contribution in [1.82, 2.24) is 9.97 Å². The number of hydrogen-bond acceptors (Lipinski definition) is 6. The highest BCUT2D eigenvalue weighted by Gasteiger charge is 2.21. The average Bonchev–Trinajstić information content (AvgIpc) is 3.25. The number of halogens is 2. The SMILES string of the molecule is COc1cc(OC)c(F)c(Cc2c[nH]c3ncc(C(C=NC4CCOCC4)=CN)cc23)c1F. The van der Waals surface area contributed by atoms with Crippen molar-refractivity contribution in [3.63, 3.8) is 0 Å². The molecule has 1 saturated heterocycles. The minimum absolute atomic E-state index is 0.0196. The van der Waals surface area contributed by atoms with Gasteiger partial charge in [-0.15, -0.1) is 0 Å². The second-order valence-electron chi connectivity index (χ2n) is 7.74. The van der Waals surface area contributed by atoms with Crippen LogP contribution in [0.4, 0.5) is 8.78 Å². The number of aromatic amines is 1. The molecule has 1 fully saturated rings. The summed E-state index contributed by atoms with van der Waals surface area (Å²) in [5.74, 6) is -1.69. The number of nitrogens with one attached hydrogen (secondary N) is 1. The Morgan fingerprint density at radius 1 is 1.21 bits per heavy atom. The monoisotopic (exact) mass is 456 g/mol. The summed E-state index contributed by atoms with van der Waals surface area (Å²) >= 11 is 0. The van der Waals surface area contributed by atoms with Crippen molar-refractivity contribution in [1.29, 1.82) is 0 Å². The lowest BCUT2D eigenvalue weighted by molar-refractivity contribution is 0.0872. The van der Waals surface area contributed by atoms with Gasteiger partial charge < -0.3 is 24.9 Å². The van der Waals surface area contributed by atoms with Gasteiger partial charge in [-0.2, -0.15) is 0 Å². The molecule has 0 unspecified atom stereocenters. The lowest BCUT2D eigenvalue weighted by atomic mass is 10.0. The molecule has 0 atom stereocenters. The molecule has 0 amide bonds. The van der Waals surface area contributed by atoms with E-state index < -0.39 is 11.6 Å². The number of rotatable bonds is 7. The van der Waals surface area contributed by atoms with Crippen LogP contribution in [0.1, 0.15) is 29.5 Å². The summed E-state index contributed by atoms with van der Waals surface area (Å²) in [5.41, 5.74) is 8.46. The van der Waals surface area contributed by atoms with Crippen molar-refractivity contribution in [2.45, 2.75) is 25.3 Å². The molecule has 1 aliphatic heterocycles.